The SMILES string of the molecule is COc1ccc2[nH]c([S@](=O)Cc3ncc(C)c(OC)c3C)nc2c1Oc1cccc(C)c1. The Hall–Kier alpha value is -3.39. The molecule has 1 atom stereocenters. The van der Waals surface area contributed by atoms with Gasteiger partial charge in [0.1, 0.15) is 17.0 Å². The summed E-state index contributed by atoms with van der Waals surface area (Å²) in [6, 6.07) is 11.4. The average Bonchev–Trinajstić information content (AvgIpc) is 3.21. The molecule has 2 aromatic heterocycles. The third kappa shape index (κ3) is 4.18. The summed E-state index contributed by atoms with van der Waals surface area (Å²) in [6.07, 6.45) is 1.73. The van der Waals surface area contributed by atoms with E-state index in [0.717, 1.165) is 22.4 Å². The monoisotopic (exact) mass is 451 g/mol. The van der Waals surface area contributed by atoms with Crippen LogP contribution in [0.3, 0.4) is 0 Å². The van der Waals surface area contributed by atoms with Crippen molar-refractivity contribution in [1.29, 1.82) is 0 Å². The van der Waals surface area contributed by atoms with Crippen molar-refractivity contribution in [2.24, 2.45) is 0 Å². The normalized spacial score (nSPS) is 12.0. The fourth-order valence-corrected chi connectivity index (χ4v) is 4.68. The molecule has 0 aliphatic heterocycles. The maximum Gasteiger partial charge on any atom is 0.197 e. The van der Waals surface area contributed by atoms with Crippen molar-refractivity contribution in [3.05, 3.63) is 65.0 Å². The summed E-state index contributed by atoms with van der Waals surface area (Å²) in [5, 5.41) is 0.350. The number of methoxy groups -OCH3 is 2. The standard InChI is InChI=1S/C24H25N3O4S/c1-14-7-6-8-17(11-14)31-23-20(29-4)10-9-18-21(23)27-24(26-18)32(28)13-19-16(3)22(30-5)15(2)12-25-19/h6-12H,13H2,1-5H3,(H,26,27)/t32-/m1/s1. The molecule has 32 heavy (non-hydrogen) atoms. The van der Waals surface area contributed by atoms with E-state index in [9.17, 15) is 4.21 Å². The molecule has 0 saturated carbocycles. The second kappa shape index (κ2) is 9.00. The van der Waals surface area contributed by atoms with E-state index in [1.807, 2.05) is 51.1 Å². The summed E-state index contributed by atoms with van der Waals surface area (Å²) < 4.78 is 30.2. The van der Waals surface area contributed by atoms with E-state index in [0.29, 0.717) is 39.1 Å². The predicted octanol–water partition coefficient (Wildman–Crippen LogP) is 5.00. The minimum absolute atomic E-state index is 0.216. The quantitative estimate of drug-likeness (QED) is 0.426. The molecule has 0 fully saturated rings. The molecular weight excluding hydrogens is 426 g/mol. The molecule has 7 nitrogen and oxygen atoms in total. The molecule has 0 radical (unpaired) electrons. The van der Waals surface area contributed by atoms with Gasteiger partial charge in [-0.1, -0.05) is 12.1 Å². The zero-order valence-electron chi connectivity index (χ0n) is 18.7. The van der Waals surface area contributed by atoms with Crippen molar-refractivity contribution >= 4 is 21.8 Å². The summed E-state index contributed by atoms with van der Waals surface area (Å²) in [6.45, 7) is 5.85. The van der Waals surface area contributed by atoms with Crippen LogP contribution in [0.15, 0.2) is 47.8 Å². The van der Waals surface area contributed by atoms with Crippen molar-refractivity contribution in [2.75, 3.05) is 14.2 Å². The van der Waals surface area contributed by atoms with Gasteiger partial charge in [0.05, 0.1) is 42.0 Å². The molecule has 0 amide bonds. The van der Waals surface area contributed by atoms with E-state index >= 15 is 0 Å². The molecule has 0 bridgehead atoms. The van der Waals surface area contributed by atoms with Crippen LogP contribution in [-0.4, -0.2) is 33.4 Å². The molecular formula is C24H25N3O4S. The van der Waals surface area contributed by atoms with Gasteiger partial charge in [0.25, 0.3) is 0 Å². The van der Waals surface area contributed by atoms with E-state index in [4.69, 9.17) is 14.2 Å². The van der Waals surface area contributed by atoms with Crippen LogP contribution in [-0.2, 0) is 16.6 Å². The number of imidazole rings is 1. The Labute approximate surface area is 189 Å². The largest absolute Gasteiger partial charge is 0.496 e. The van der Waals surface area contributed by atoms with E-state index in [1.54, 1.807) is 26.5 Å². The minimum atomic E-state index is -1.44. The minimum Gasteiger partial charge on any atom is -0.496 e. The number of hydrogen-bond acceptors (Lipinski definition) is 6. The van der Waals surface area contributed by atoms with E-state index in [-0.39, 0.29) is 5.75 Å². The number of benzene rings is 2. The van der Waals surface area contributed by atoms with E-state index in [1.165, 1.54) is 0 Å². The number of fused-ring (bicyclic) bond motifs is 1. The Balaban J connectivity index is 1.70. The Morgan fingerprint density at radius 1 is 1.03 bits per heavy atom. The summed E-state index contributed by atoms with van der Waals surface area (Å²) in [5.74, 6) is 2.67. The van der Waals surface area contributed by atoms with Crippen molar-refractivity contribution in [1.82, 2.24) is 15.0 Å². The lowest BCUT2D eigenvalue weighted by molar-refractivity contribution is 0.381. The third-order valence-corrected chi connectivity index (χ3v) is 6.37. The van der Waals surface area contributed by atoms with Crippen LogP contribution >= 0.6 is 0 Å². The van der Waals surface area contributed by atoms with Crippen LogP contribution in [0, 0.1) is 20.8 Å². The maximum atomic E-state index is 13.2. The summed E-state index contributed by atoms with van der Waals surface area (Å²) >= 11 is 0. The van der Waals surface area contributed by atoms with Gasteiger partial charge in [-0.2, -0.15) is 0 Å². The molecule has 0 aliphatic carbocycles. The first-order valence-electron chi connectivity index (χ1n) is 10.1. The van der Waals surface area contributed by atoms with E-state index < -0.39 is 10.8 Å². The van der Waals surface area contributed by atoms with Gasteiger partial charge < -0.3 is 19.2 Å². The van der Waals surface area contributed by atoms with Crippen molar-refractivity contribution in [2.45, 2.75) is 31.7 Å². The Bertz CT molecular complexity index is 1320. The average molecular weight is 452 g/mol. The highest BCUT2D eigenvalue weighted by Gasteiger charge is 2.20. The summed E-state index contributed by atoms with van der Waals surface area (Å²) in [7, 11) is 1.76. The number of hydrogen-bond donors (Lipinski definition) is 1. The van der Waals surface area contributed by atoms with Gasteiger partial charge in [-0.3, -0.25) is 9.19 Å². The van der Waals surface area contributed by atoms with Crippen LogP contribution in [0.25, 0.3) is 11.0 Å². The zero-order valence-corrected chi connectivity index (χ0v) is 19.5. The highest BCUT2D eigenvalue weighted by atomic mass is 32.2. The van der Waals surface area contributed by atoms with Crippen LogP contribution < -0.4 is 14.2 Å². The molecule has 4 rings (SSSR count). The smallest absolute Gasteiger partial charge is 0.197 e. The number of nitrogens with one attached hydrogen (secondary N) is 1. The number of aromatic amines is 1. The number of aromatic nitrogens is 3. The fraction of sp³-hybridized carbons (Fsp3) is 0.250. The lowest BCUT2D eigenvalue weighted by Gasteiger charge is -2.11. The van der Waals surface area contributed by atoms with Gasteiger partial charge in [0.15, 0.2) is 16.7 Å². The first-order chi connectivity index (χ1) is 15.4. The van der Waals surface area contributed by atoms with Crippen LogP contribution in [0.1, 0.15) is 22.4 Å². The zero-order chi connectivity index (χ0) is 22.8. The van der Waals surface area contributed by atoms with E-state index in [2.05, 4.69) is 15.0 Å². The van der Waals surface area contributed by atoms with Gasteiger partial charge >= 0.3 is 0 Å². The second-order valence-electron chi connectivity index (χ2n) is 7.49. The Kier molecular flexibility index (Phi) is 6.14. The topological polar surface area (TPSA) is 86.3 Å². The van der Waals surface area contributed by atoms with Gasteiger partial charge in [-0.05, 0) is 50.6 Å². The van der Waals surface area contributed by atoms with Crippen LogP contribution in [0.2, 0.25) is 0 Å². The highest BCUT2D eigenvalue weighted by molar-refractivity contribution is 7.84. The predicted molar refractivity (Wildman–Crippen MR) is 124 cm³/mol. The van der Waals surface area contributed by atoms with Crippen LogP contribution in [0.5, 0.6) is 23.0 Å². The molecule has 0 unspecified atom stereocenters. The van der Waals surface area contributed by atoms with Crippen molar-refractivity contribution < 1.29 is 18.4 Å². The molecule has 0 spiro atoms. The number of aryl methyl sites for hydroxylation is 2. The molecule has 4 aromatic rings. The van der Waals surface area contributed by atoms with Crippen molar-refractivity contribution in [3.63, 3.8) is 0 Å². The molecule has 0 aliphatic rings. The molecule has 2 heterocycles. The number of rotatable bonds is 7. The lowest BCUT2D eigenvalue weighted by Crippen LogP contribution is -2.05. The van der Waals surface area contributed by atoms with Crippen molar-refractivity contribution in [3.8, 4) is 23.0 Å². The lowest BCUT2D eigenvalue weighted by atomic mass is 10.1. The second-order valence-corrected chi connectivity index (χ2v) is 8.86. The van der Waals surface area contributed by atoms with Gasteiger partial charge in [0.2, 0.25) is 0 Å². The first kappa shape index (κ1) is 21.8. The Morgan fingerprint density at radius 3 is 2.56 bits per heavy atom. The molecule has 1 N–H and O–H groups in total. The summed E-state index contributed by atoms with van der Waals surface area (Å²) in [5.41, 5.74) is 4.87. The van der Waals surface area contributed by atoms with Gasteiger partial charge in [-0.25, -0.2) is 4.98 Å². The Morgan fingerprint density at radius 2 is 1.84 bits per heavy atom. The highest BCUT2D eigenvalue weighted by Crippen LogP contribution is 2.38. The third-order valence-electron chi connectivity index (χ3n) is 5.21. The molecule has 8 heteroatoms. The molecule has 166 valence electrons. The number of ether oxygens (including phenoxy) is 3. The fourth-order valence-electron chi connectivity index (χ4n) is 3.58. The number of H-pyrrole nitrogens is 1. The maximum absolute atomic E-state index is 13.2. The first-order valence-corrected chi connectivity index (χ1v) is 11.4. The molecule has 0 saturated heterocycles. The molecule has 2 aromatic carbocycles. The number of nitrogens with zero attached hydrogens (tertiary/aromatic N) is 2. The van der Waals surface area contributed by atoms with Gasteiger partial charge in [0, 0.05) is 17.3 Å². The summed E-state index contributed by atoms with van der Waals surface area (Å²) in [4.78, 5) is 12.2. The van der Waals surface area contributed by atoms with Gasteiger partial charge in [-0.15, -0.1) is 0 Å². The number of pyridine rings is 1. The van der Waals surface area contributed by atoms with Crippen LogP contribution in [0.4, 0.5) is 0 Å².